The highest BCUT2D eigenvalue weighted by Gasteiger charge is 2.20. The minimum absolute atomic E-state index is 0.236. The Hall–Kier alpha value is -2.22. The van der Waals surface area contributed by atoms with Crippen molar-refractivity contribution in [3.63, 3.8) is 0 Å². The van der Waals surface area contributed by atoms with E-state index in [1.54, 1.807) is 24.3 Å². The number of aliphatic carboxylic acids is 1. The number of anilines is 2. The van der Waals surface area contributed by atoms with Crippen LogP contribution >= 0.6 is 0 Å². The van der Waals surface area contributed by atoms with E-state index in [9.17, 15) is 4.79 Å². The number of nitrogens with two attached hydrogens (primary N) is 1. The van der Waals surface area contributed by atoms with Crippen molar-refractivity contribution in [3.8, 4) is 6.07 Å². The number of benzene rings is 1. The number of hydrogen-bond donors (Lipinski definition) is 2. The van der Waals surface area contributed by atoms with Crippen molar-refractivity contribution in [1.29, 1.82) is 5.26 Å². The van der Waals surface area contributed by atoms with Gasteiger partial charge in [0.1, 0.15) is 12.6 Å². The maximum Gasteiger partial charge on any atom is 0.323 e. The van der Waals surface area contributed by atoms with Gasteiger partial charge in [-0.05, 0) is 18.6 Å². The molecule has 0 aliphatic rings. The summed E-state index contributed by atoms with van der Waals surface area (Å²) in [6.07, 6.45) is 0.540. The van der Waals surface area contributed by atoms with Crippen LogP contribution in [-0.4, -0.2) is 23.7 Å². The second-order valence-electron chi connectivity index (χ2n) is 3.63. The molecule has 0 aliphatic heterocycles. The van der Waals surface area contributed by atoms with E-state index in [-0.39, 0.29) is 6.54 Å². The zero-order chi connectivity index (χ0) is 12.8. The molecule has 3 N–H and O–H groups in total. The molecule has 1 unspecified atom stereocenters. The Morgan fingerprint density at radius 3 is 2.71 bits per heavy atom. The van der Waals surface area contributed by atoms with Crippen LogP contribution in [0.5, 0.6) is 0 Å². The van der Waals surface area contributed by atoms with Gasteiger partial charge in [0.05, 0.1) is 17.4 Å². The fourth-order valence-corrected chi connectivity index (χ4v) is 1.64. The second-order valence-corrected chi connectivity index (χ2v) is 3.63. The Morgan fingerprint density at radius 1 is 1.59 bits per heavy atom. The number of nitrogen functional groups attached to an aromatic ring is 1. The van der Waals surface area contributed by atoms with Crippen LogP contribution in [-0.2, 0) is 4.79 Å². The van der Waals surface area contributed by atoms with E-state index < -0.39 is 12.0 Å². The van der Waals surface area contributed by atoms with Crippen LogP contribution in [0.1, 0.15) is 13.3 Å². The molecule has 0 aromatic heterocycles. The number of carboxylic acid groups (broad SMARTS) is 1. The van der Waals surface area contributed by atoms with Gasteiger partial charge in [-0.1, -0.05) is 19.1 Å². The van der Waals surface area contributed by atoms with Crippen LogP contribution < -0.4 is 10.6 Å². The normalized spacial score (nSPS) is 11.5. The Morgan fingerprint density at radius 2 is 2.24 bits per heavy atom. The maximum absolute atomic E-state index is 10.8. The van der Waals surface area contributed by atoms with E-state index in [0.717, 1.165) is 0 Å². The average molecular weight is 233 g/mol. The third-order valence-corrected chi connectivity index (χ3v) is 2.46. The SMILES string of the molecule is CCC(C#N)N(CC(=O)O)c1ccccc1N. The highest BCUT2D eigenvalue weighted by molar-refractivity contribution is 5.78. The molecule has 0 spiro atoms. The molecule has 17 heavy (non-hydrogen) atoms. The maximum atomic E-state index is 10.8. The van der Waals surface area contributed by atoms with E-state index in [2.05, 4.69) is 6.07 Å². The molecule has 5 heteroatoms. The summed E-state index contributed by atoms with van der Waals surface area (Å²) in [5.41, 5.74) is 6.86. The fraction of sp³-hybridized carbons (Fsp3) is 0.333. The van der Waals surface area contributed by atoms with E-state index in [1.807, 2.05) is 6.92 Å². The molecule has 0 radical (unpaired) electrons. The smallest absolute Gasteiger partial charge is 0.323 e. The fourth-order valence-electron chi connectivity index (χ4n) is 1.64. The minimum atomic E-state index is -0.984. The van der Waals surface area contributed by atoms with Gasteiger partial charge in [0.2, 0.25) is 0 Å². The quantitative estimate of drug-likeness (QED) is 0.751. The lowest BCUT2D eigenvalue weighted by Crippen LogP contribution is -2.38. The first-order chi connectivity index (χ1) is 8.10. The lowest BCUT2D eigenvalue weighted by Gasteiger charge is -2.28. The lowest BCUT2D eigenvalue weighted by molar-refractivity contribution is -0.135. The average Bonchev–Trinajstić information content (AvgIpc) is 2.29. The van der Waals surface area contributed by atoms with Gasteiger partial charge in [0, 0.05) is 0 Å². The van der Waals surface area contributed by atoms with Crippen molar-refractivity contribution in [3.05, 3.63) is 24.3 Å². The van der Waals surface area contributed by atoms with Crippen molar-refractivity contribution in [1.82, 2.24) is 0 Å². The number of carboxylic acids is 1. The Labute approximate surface area is 100 Å². The summed E-state index contributed by atoms with van der Waals surface area (Å²) in [7, 11) is 0. The lowest BCUT2D eigenvalue weighted by atomic mass is 10.1. The van der Waals surface area contributed by atoms with E-state index in [1.165, 1.54) is 4.90 Å². The molecule has 1 rings (SSSR count). The van der Waals surface area contributed by atoms with Gasteiger partial charge >= 0.3 is 5.97 Å². The van der Waals surface area contributed by atoms with Crippen molar-refractivity contribution in [2.75, 3.05) is 17.2 Å². The van der Waals surface area contributed by atoms with Crippen LogP contribution in [0.25, 0.3) is 0 Å². The molecule has 1 aromatic carbocycles. The molecular weight excluding hydrogens is 218 g/mol. The van der Waals surface area contributed by atoms with Gasteiger partial charge in [-0.3, -0.25) is 4.79 Å². The van der Waals surface area contributed by atoms with Crippen molar-refractivity contribution < 1.29 is 9.90 Å². The number of para-hydroxylation sites is 2. The molecule has 0 bridgehead atoms. The van der Waals surface area contributed by atoms with Crippen LogP contribution in [0.4, 0.5) is 11.4 Å². The zero-order valence-corrected chi connectivity index (χ0v) is 9.63. The molecule has 0 heterocycles. The molecule has 0 amide bonds. The zero-order valence-electron chi connectivity index (χ0n) is 9.63. The summed E-state index contributed by atoms with van der Waals surface area (Å²) in [5.74, 6) is -0.984. The molecule has 0 fully saturated rings. The first-order valence-corrected chi connectivity index (χ1v) is 5.32. The van der Waals surface area contributed by atoms with Gasteiger partial charge in [-0.25, -0.2) is 0 Å². The monoisotopic (exact) mass is 233 g/mol. The van der Waals surface area contributed by atoms with E-state index in [4.69, 9.17) is 16.1 Å². The Bertz CT molecular complexity index is 440. The Balaban J connectivity index is 3.10. The minimum Gasteiger partial charge on any atom is -0.480 e. The summed E-state index contributed by atoms with van der Waals surface area (Å²) in [6.45, 7) is 1.60. The highest BCUT2D eigenvalue weighted by atomic mass is 16.4. The molecule has 1 aromatic rings. The van der Waals surface area contributed by atoms with Gasteiger partial charge in [0.25, 0.3) is 0 Å². The standard InChI is InChI=1S/C12H15N3O2/c1-2-9(7-13)15(8-12(16)17)11-6-4-3-5-10(11)14/h3-6,9H,2,8,14H2,1H3,(H,16,17). The number of hydrogen-bond acceptors (Lipinski definition) is 4. The first kappa shape index (κ1) is 12.8. The number of rotatable bonds is 5. The number of carbonyl (C=O) groups is 1. The van der Waals surface area contributed by atoms with E-state index in [0.29, 0.717) is 17.8 Å². The number of nitriles is 1. The topological polar surface area (TPSA) is 90.3 Å². The van der Waals surface area contributed by atoms with Gasteiger partial charge < -0.3 is 15.7 Å². The molecule has 1 atom stereocenters. The largest absolute Gasteiger partial charge is 0.480 e. The van der Waals surface area contributed by atoms with Crippen LogP contribution in [0, 0.1) is 11.3 Å². The van der Waals surface area contributed by atoms with Gasteiger partial charge in [-0.15, -0.1) is 0 Å². The van der Waals surface area contributed by atoms with Gasteiger partial charge in [0.15, 0.2) is 0 Å². The summed E-state index contributed by atoms with van der Waals surface area (Å²) < 4.78 is 0. The van der Waals surface area contributed by atoms with Crippen molar-refractivity contribution in [2.24, 2.45) is 0 Å². The summed E-state index contributed by atoms with van der Waals surface area (Å²) in [4.78, 5) is 12.4. The summed E-state index contributed by atoms with van der Waals surface area (Å²) in [6, 6.07) is 8.55. The third-order valence-electron chi connectivity index (χ3n) is 2.46. The van der Waals surface area contributed by atoms with Crippen molar-refractivity contribution >= 4 is 17.3 Å². The Kier molecular flexibility index (Phi) is 4.35. The van der Waals surface area contributed by atoms with Crippen LogP contribution in [0.2, 0.25) is 0 Å². The summed E-state index contributed by atoms with van der Waals surface area (Å²) >= 11 is 0. The van der Waals surface area contributed by atoms with Crippen molar-refractivity contribution in [2.45, 2.75) is 19.4 Å². The third kappa shape index (κ3) is 3.11. The first-order valence-electron chi connectivity index (χ1n) is 5.32. The van der Waals surface area contributed by atoms with Gasteiger partial charge in [-0.2, -0.15) is 5.26 Å². The number of nitrogens with zero attached hydrogens (tertiary/aromatic N) is 2. The molecule has 0 aliphatic carbocycles. The summed E-state index contributed by atoms with van der Waals surface area (Å²) in [5, 5.41) is 17.9. The molecule has 0 saturated heterocycles. The van der Waals surface area contributed by atoms with E-state index >= 15 is 0 Å². The second kappa shape index (κ2) is 5.75. The molecular formula is C12H15N3O2. The predicted octanol–water partition coefficient (Wildman–Crippen LogP) is 1.46. The molecule has 5 nitrogen and oxygen atoms in total. The predicted molar refractivity (Wildman–Crippen MR) is 65.5 cm³/mol. The van der Waals surface area contributed by atoms with Crippen LogP contribution in [0.15, 0.2) is 24.3 Å². The van der Waals surface area contributed by atoms with Crippen LogP contribution in [0.3, 0.4) is 0 Å². The highest BCUT2D eigenvalue weighted by Crippen LogP contribution is 2.25. The molecule has 90 valence electrons. The molecule has 0 saturated carbocycles.